The van der Waals surface area contributed by atoms with Gasteiger partial charge in [0.2, 0.25) is 0 Å². The fourth-order valence-electron chi connectivity index (χ4n) is 1.87. The molecule has 0 spiro atoms. The average Bonchev–Trinajstić information content (AvgIpc) is 3.01. The summed E-state index contributed by atoms with van der Waals surface area (Å²) >= 11 is 7.55. The number of thiophene rings is 1. The van der Waals surface area contributed by atoms with Gasteiger partial charge < -0.3 is 14.8 Å². The van der Waals surface area contributed by atoms with Crippen LogP contribution in [0.3, 0.4) is 0 Å². The van der Waals surface area contributed by atoms with Gasteiger partial charge in [0.25, 0.3) is 0 Å². The molecule has 0 amide bonds. The number of carbonyl (C=O) groups is 1. The zero-order valence-electron chi connectivity index (χ0n) is 11.8. The number of Topliss-reactive ketones (excluding diaryl/α,β-unsaturated/α-hetero) is 1. The van der Waals surface area contributed by atoms with Crippen LogP contribution in [0.1, 0.15) is 16.1 Å². The third kappa shape index (κ3) is 3.89. The molecule has 6 heteroatoms. The van der Waals surface area contributed by atoms with Crippen molar-refractivity contribution in [2.45, 2.75) is 6.42 Å². The Kier molecular flexibility index (Phi) is 5.47. The second-order valence-electron chi connectivity index (χ2n) is 4.26. The van der Waals surface area contributed by atoms with E-state index in [1.165, 1.54) is 11.3 Å². The number of ether oxygens (including phenoxy) is 2. The molecule has 2 rings (SSSR count). The van der Waals surface area contributed by atoms with Crippen molar-refractivity contribution in [2.24, 2.45) is 0 Å². The second kappa shape index (κ2) is 7.33. The molecular weight excluding hydrogens is 310 g/mol. The average molecular weight is 326 g/mol. The normalized spacial score (nSPS) is 10.2. The van der Waals surface area contributed by atoms with Crippen LogP contribution in [0, 0.1) is 0 Å². The predicted molar refractivity (Wildman–Crippen MR) is 86.3 cm³/mol. The minimum Gasteiger partial charge on any atom is -0.495 e. The predicted octanol–water partition coefficient (Wildman–Crippen LogP) is 4.10. The van der Waals surface area contributed by atoms with Gasteiger partial charge in [-0.1, -0.05) is 17.7 Å². The lowest BCUT2D eigenvalue weighted by molar-refractivity contribution is 0.0990. The number of halogens is 1. The molecular formula is C15H16ClNO3S. The summed E-state index contributed by atoms with van der Waals surface area (Å²) in [6, 6.07) is 7.15. The van der Waals surface area contributed by atoms with Gasteiger partial charge in [0.1, 0.15) is 11.5 Å². The Morgan fingerprint density at radius 2 is 2.05 bits per heavy atom. The topological polar surface area (TPSA) is 47.6 Å². The Morgan fingerprint density at radius 3 is 2.67 bits per heavy atom. The molecule has 1 aromatic heterocycles. The summed E-state index contributed by atoms with van der Waals surface area (Å²) in [5.41, 5.74) is 0.738. The van der Waals surface area contributed by atoms with Crippen LogP contribution in [0.2, 0.25) is 5.02 Å². The van der Waals surface area contributed by atoms with Crippen LogP contribution >= 0.6 is 22.9 Å². The summed E-state index contributed by atoms with van der Waals surface area (Å²) in [4.78, 5) is 12.7. The number of rotatable bonds is 7. The molecule has 0 aliphatic heterocycles. The molecule has 0 radical (unpaired) electrons. The zero-order chi connectivity index (χ0) is 15.2. The van der Waals surface area contributed by atoms with E-state index < -0.39 is 0 Å². The summed E-state index contributed by atoms with van der Waals surface area (Å²) in [6.45, 7) is 0.510. The minimum atomic E-state index is 0.121. The molecule has 1 heterocycles. The number of hydrogen-bond donors (Lipinski definition) is 1. The number of methoxy groups -OCH3 is 2. The van der Waals surface area contributed by atoms with Crippen LogP contribution < -0.4 is 14.8 Å². The van der Waals surface area contributed by atoms with Gasteiger partial charge in [0.15, 0.2) is 5.78 Å². The summed E-state index contributed by atoms with van der Waals surface area (Å²) in [6.07, 6.45) is 0.410. The highest BCUT2D eigenvalue weighted by Crippen LogP contribution is 2.35. The van der Waals surface area contributed by atoms with Crippen LogP contribution in [0.25, 0.3) is 0 Å². The van der Waals surface area contributed by atoms with Crippen molar-refractivity contribution in [3.05, 3.63) is 39.5 Å². The van der Waals surface area contributed by atoms with Crippen molar-refractivity contribution in [1.82, 2.24) is 0 Å². The Labute approximate surface area is 132 Å². The van der Waals surface area contributed by atoms with E-state index in [-0.39, 0.29) is 5.78 Å². The van der Waals surface area contributed by atoms with E-state index in [0.717, 1.165) is 10.6 Å². The molecule has 4 nitrogen and oxygen atoms in total. The van der Waals surface area contributed by atoms with Crippen molar-refractivity contribution in [3.63, 3.8) is 0 Å². The lowest BCUT2D eigenvalue weighted by atomic mass is 10.2. The fraction of sp³-hybridized carbons (Fsp3) is 0.267. The van der Waals surface area contributed by atoms with Gasteiger partial charge in [-0.2, -0.15) is 0 Å². The molecule has 1 N–H and O–H groups in total. The van der Waals surface area contributed by atoms with Gasteiger partial charge in [-0.05, 0) is 17.5 Å². The van der Waals surface area contributed by atoms with Crippen LogP contribution in [-0.4, -0.2) is 26.5 Å². The van der Waals surface area contributed by atoms with Crippen LogP contribution in [-0.2, 0) is 0 Å². The van der Waals surface area contributed by atoms with E-state index >= 15 is 0 Å². The Balaban J connectivity index is 1.99. The molecule has 0 bridgehead atoms. The molecule has 112 valence electrons. The van der Waals surface area contributed by atoms with Gasteiger partial charge in [-0.15, -0.1) is 11.3 Å². The number of carbonyl (C=O) groups excluding carboxylic acids is 1. The van der Waals surface area contributed by atoms with Gasteiger partial charge in [0, 0.05) is 19.0 Å². The molecule has 0 aliphatic carbocycles. The van der Waals surface area contributed by atoms with Crippen molar-refractivity contribution in [3.8, 4) is 11.5 Å². The maximum absolute atomic E-state index is 11.9. The van der Waals surface area contributed by atoms with Crippen molar-refractivity contribution in [1.29, 1.82) is 0 Å². The minimum absolute atomic E-state index is 0.121. The standard InChI is InChI=1S/C15H16ClNO3S/c1-19-13-9-14(20-2)11(8-10(13)16)17-6-5-12(18)15-4-3-7-21-15/h3-4,7-9,17H,5-6H2,1-2H3. The third-order valence-electron chi connectivity index (χ3n) is 2.94. The fourth-order valence-corrected chi connectivity index (χ4v) is 2.80. The maximum Gasteiger partial charge on any atom is 0.174 e. The van der Waals surface area contributed by atoms with Crippen molar-refractivity contribution in [2.75, 3.05) is 26.1 Å². The second-order valence-corrected chi connectivity index (χ2v) is 5.62. The summed E-state index contributed by atoms with van der Waals surface area (Å²) in [5, 5.41) is 5.55. The van der Waals surface area contributed by atoms with E-state index in [0.29, 0.717) is 29.5 Å². The number of ketones is 1. The number of benzene rings is 1. The first-order valence-corrected chi connectivity index (χ1v) is 7.63. The molecule has 0 unspecified atom stereocenters. The molecule has 1 aromatic carbocycles. The van der Waals surface area contributed by atoms with Gasteiger partial charge in [0.05, 0.1) is 29.8 Å². The highest BCUT2D eigenvalue weighted by atomic mass is 35.5. The number of anilines is 1. The van der Waals surface area contributed by atoms with E-state index in [9.17, 15) is 4.79 Å². The largest absolute Gasteiger partial charge is 0.495 e. The molecule has 0 saturated heterocycles. The van der Waals surface area contributed by atoms with Gasteiger partial charge in [-0.3, -0.25) is 4.79 Å². The Bertz CT molecular complexity index is 614. The Hall–Kier alpha value is -1.72. The van der Waals surface area contributed by atoms with Gasteiger partial charge in [-0.25, -0.2) is 0 Å². The van der Waals surface area contributed by atoms with Crippen LogP contribution in [0.4, 0.5) is 5.69 Å². The molecule has 2 aromatic rings. The van der Waals surface area contributed by atoms with Crippen LogP contribution in [0.5, 0.6) is 11.5 Å². The highest BCUT2D eigenvalue weighted by molar-refractivity contribution is 7.12. The summed E-state index contributed by atoms with van der Waals surface area (Å²) < 4.78 is 10.4. The SMILES string of the molecule is COc1cc(OC)c(NCCC(=O)c2cccs2)cc1Cl. The lowest BCUT2D eigenvalue weighted by Crippen LogP contribution is -2.08. The first-order chi connectivity index (χ1) is 10.2. The highest BCUT2D eigenvalue weighted by Gasteiger charge is 2.11. The smallest absolute Gasteiger partial charge is 0.174 e. The number of nitrogens with one attached hydrogen (secondary N) is 1. The first-order valence-electron chi connectivity index (χ1n) is 6.37. The van der Waals surface area contributed by atoms with Crippen LogP contribution in [0.15, 0.2) is 29.6 Å². The summed E-state index contributed by atoms with van der Waals surface area (Å²) in [7, 11) is 3.12. The van der Waals surface area contributed by atoms with E-state index in [2.05, 4.69) is 5.32 Å². The molecule has 0 fully saturated rings. The quantitative estimate of drug-likeness (QED) is 0.778. The molecule has 0 aliphatic rings. The van der Waals surface area contributed by atoms with Crippen molar-refractivity contribution < 1.29 is 14.3 Å². The molecule has 0 saturated carbocycles. The maximum atomic E-state index is 11.9. The summed E-state index contributed by atoms with van der Waals surface area (Å²) in [5.74, 6) is 1.30. The number of hydrogen-bond acceptors (Lipinski definition) is 5. The van der Waals surface area contributed by atoms with E-state index in [1.54, 1.807) is 26.4 Å². The first kappa shape index (κ1) is 15.7. The van der Waals surface area contributed by atoms with E-state index in [4.69, 9.17) is 21.1 Å². The monoisotopic (exact) mass is 325 g/mol. The zero-order valence-corrected chi connectivity index (χ0v) is 13.4. The lowest BCUT2D eigenvalue weighted by Gasteiger charge is -2.13. The van der Waals surface area contributed by atoms with Gasteiger partial charge >= 0.3 is 0 Å². The van der Waals surface area contributed by atoms with Crippen molar-refractivity contribution >= 4 is 34.4 Å². The molecule has 0 atom stereocenters. The van der Waals surface area contributed by atoms with E-state index in [1.807, 2.05) is 17.5 Å². The Morgan fingerprint density at radius 1 is 1.29 bits per heavy atom. The molecule has 21 heavy (non-hydrogen) atoms. The third-order valence-corrected chi connectivity index (χ3v) is 4.14.